The third-order valence-electron chi connectivity index (χ3n) is 3.02. The number of para-hydroxylation sites is 2. The number of hydrogen-bond donors (Lipinski definition) is 1. The van der Waals surface area contributed by atoms with Crippen LogP contribution in [0.5, 0.6) is 11.5 Å². The minimum Gasteiger partial charge on any atom is -0.493 e. The first-order valence-electron chi connectivity index (χ1n) is 5.95. The van der Waals surface area contributed by atoms with E-state index in [4.69, 9.17) is 15.2 Å². The monoisotopic (exact) mass is 237 g/mol. The summed E-state index contributed by atoms with van der Waals surface area (Å²) < 4.78 is 11.0. The van der Waals surface area contributed by atoms with Crippen molar-refractivity contribution >= 4 is 0 Å². The molecule has 0 bridgehead atoms. The van der Waals surface area contributed by atoms with Gasteiger partial charge in [-0.25, -0.2) is 0 Å². The third-order valence-corrected chi connectivity index (χ3v) is 3.02. The molecule has 0 saturated heterocycles. The van der Waals surface area contributed by atoms with E-state index >= 15 is 0 Å². The molecule has 0 aromatic heterocycles. The Kier molecular flexibility index (Phi) is 4.82. The molecule has 0 spiro atoms. The second-order valence-electron chi connectivity index (χ2n) is 5.26. The lowest BCUT2D eigenvalue weighted by Gasteiger charge is -2.29. The quantitative estimate of drug-likeness (QED) is 0.856. The van der Waals surface area contributed by atoms with Gasteiger partial charge in [0.1, 0.15) is 0 Å². The summed E-state index contributed by atoms with van der Waals surface area (Å²) in [7, 11) is 1.65. The number of rotatable bonds is 5. The summed E-state index contributed by atoms with van der Waals surface area (Å²) >= 11 is 0. The van der Waals surface area contributed by atoms with Crippen LogP contribution in [0.2, 0.25) is 0 Å². The average molecular weight is 237 g/mol. The molecule has 3 heteroatoms. The molecule has 1 rings (SSSR count). The molecule has 0 aliphatic rings. The van der Waals surface area contributed by atoms with Crippen LogP contribution in [-0.4, -0.2) is 20.3 Å². The highest BCUT2D eigenvalue weighted by atomic mass is 16.5. The number of benzene rings is 1. The molecule has 0 fully saturated rings. The van der Waals surface area contributed by atoms with Crippen molar-refractivity contribution in [2.24, 2.45) is 17.1 Å². The fourth-order valence-electron chi connectivity index (χ4n) is 1.60. The second-order valence-corrected chi connectivity index (χ2v) is 5.26. The van der Waals surface area contributed by atoms with E-state index in [1.807, 2.05) is 24.3 Å². The van der Waals surface area contributed by atoms with Crippen LogP contribution in [0.3, 0.4) is 0 Å². The van der Waals surface area contributed by atoms with Gasteiger partial charge in [-0.05, 0) is 24.1 Å². The van der Waals surface area contributed by atoms with Crippen LogP contribution >= 0.6 is 0 Å². The lowest BCUT2D eigenvalue weighted by molar-refractivity contribution is 0.149. The SMILES string of the molecule is COc1ccccc1OCC(CN)C(C)(C)C. The third kappa shape index (κ3) is 3.93. The first-order chi connectivity index (χ1) is 7.99. The lowest BCUT2D eigenvalue weighted by Crippen LogP contribution is -2.33. The highest BCUT2D eigenvalue weighted by Crippen LogP contribution is 2.29. The molecule has 96 valence electrons. The summed E-state index contributed by atoms with van der Waals surface area (Å²) in [6.45, 7) is 7.77. The predicted molar refractivity (Wildman–Crippen MR) is 70.5 cm³/mol. The molecule has 1 aromatic carbocycles. The van der Waals surface area contributed by atoms with E-state index in [-0.39, 0.29) is 5.41 Å². The van der Waals surface area contributed by atoms with Crippen molar-refractivity contribution in [2.75, 3.05) is 20.3 Å². The zero-order valence-corrected chi connectivity index (χ0v) is 11.2. The van der Waals surface area contributed by atoms with Crippen molar-refractivity contribution in [2.45, 2.75) is 20.8 Å². The maximum absolute atomic E-state index is 5.80. The summed E-state index contributed by atoms with van der Waals surface area (Å²) in [6.07, 6.45) is 0. The minimum absolute atomic E-state index is 0.150. The van der Waals surface area contributed by atoms with E-state index in [2.05, 4.69) is 20.8 Å². The maximum atomic E-state index is 5.80. The summed E-state index contributed by atoms with van der Waals surface area (Å²) in [5.41, 5.74) is 5.93. The van der Waals surface area contributed by atoms with Crippen LogP contribution in [0.4, 0.5) is 0 Å². The first-order valence-corrected chi connectivity index (χ1v) is 5.95. The zero-order chi connectivity index (χ0) is 12.9. The van der Waals surface area contributed by atoms with Crippen LogP contribution < -0.4 is 15.2 Å². The van der Waals surface area contributed by atoms with E-state index in [1.54, 1.807) is 7.11 Å². The average Bonchev–Trinajstić information content (AvgIpc) is 2.28. The van der Waals surface area contributed by atoms with Gasteiger partial charge in [-0.2, -0.15) is 0 Å². The Bertz CT molecular complexity index is 344. The molecule has 17 heavy (non-hydrogen) atoms. The van der Waals surface area contributed by atoms with Gasteiger partial charge >= 0.3 is 0 Å². The van der Waals surface area contributed by atoms with Gasteiger partial charge in [-0.15, -0.1) is 0 Å². The van der Waals surface area contributed by atoms with Crippen molar-refractivity contribution in [1.82, 2.24) is 0 Å². The molecule has 1 aromatic rings. The van der Waals surface area contributed by atoms with Crippen molar-refractivity contribution in [3.05, 3.63) is 24.3 Å². The highest BCUT2D eigenvalue weighted by Gasteiger charge is 2.24. The first kappa shape index (κ1) is 13.8. The van der Waals surface area contributed by atoms with Gasteiger partial charge in [-0.3, -0.25) is 0 Å². The fraction of sp³-hybridized carbons (Fsp3) is 0.571. The van der Waals surface area contributed by atoms with Crippen molar-refractivity contribution in [3.8, 4) is 11.5 Å². The molecule has 0 radical (unpaired) electrons. The smallest absolute Gasteiger partial charge is 0.161 e. The number of ether oxygens (including phenoxy) is 2. The predicted octanol–water partition coefficient (Wildman–Crippen LogP) is 2.70. The fourth-order valence-corrected chi connectivity index (χ4v) is 1.60. The Hall–Kier alpha value is -1.22. The van der Waals surface area contributed by atoms with E-state index in [0.717, 1.165) is 11.5 Å². The van der Waals surface area contributed by atoms with Crippen molar-refractivity contribution < 1.29 is 9.47 Å². The van der Waals surface area contributed by atoms with Gasteiger partial charge in [-0.1, -0.05) is 32.9 Å². The van der Waals surface area contributed by atoms with Crippen LogP contribution in [0.25, 0.3) is 0 Å². The number of methoxy groups -OCH3 is 1. The van der Waals surface area contributed by atoms with Crippen LogP contribution in [0.15, 0.2) is 24.3 Å². The molecular weight excluding hydrogens is 214 g/mol. The lowest BCUT2D eigenvalue weighted by atomic mass is 9.81. The topological polar surface area (TPSA) is 44.5 Å². The van der Waals surface area contributed by atoms with Crippen LogP contribution in [0, 0.1) is 11.3 Å². The Balaban J connectivity index is 2.66. The van der Waals surface area contributed by atoms with Gasteiger partial charge in [0.05, 0.1) is 13.7 Å². The van der Waals surface area contributed by atoms with Crippen molar-refractivity contribution in [3.63, 3.8) is 0 Å². The van der Waals surface area contributed by atoms with Gasteiger partial charge in [0.25, 0.3) is 0 Å². The number of nitrogens with two attached hydrogens (primary N) is 1. The largest absolute Gasteiger partial charge is 0.493 e. The van der Waals surface area contributed by atoms with Gasteiger partial charge in [0.15, 0.2) is 11.5 Å². The van der Waals surface area contributed by atoms with Crippen LogP contribution in [0.1, 0.15) is 20.8 Å². The number of hydrogen-bond acceptors (Lipinski definition) is 3. The molecule has 2 N–H and O–H groups in total. The molecule has 0 heterocycles. The molecule has 3 nitrogen and oxygen atoms in total. The summed E-state index contributed by atoms with van der Waals surface area (Å²) in [6, 6.07) is 7.67. The normalized spacial score (nSPS) is 13.2. The van der Waals surface area contributed by atoms with Crippen molar-refractivity contribution in [1.29, 1.82) is 0 Å². The van der Waals surface area contributed by atoms with E-state index in [0.29, 0.717) is 19.1 Å². The summed E-state index contributed by atoms with van der Waals surface area (Å²) in [5.74, 6) is 1.86. The molecular formula is C14H23NO2. The molecule has 0 saturated carbocycles. The van der Waals surface area contributed by atoms with Gasteiger partial charge in [0, 0.05) is 5.92 Å². The van der Waals surface area contributed by atoms with E-state index in [1.165, 1.54) is 0 Å². The Morgan fingerprint density at radius 2 is 1.76 bits per heavy atom. The second kappa shape index (κ2) is 5.92. The van der Waals surface area contributed by atoms with E-state index in [9.17, 15) is 0 Å². The molecule has 1 atom stereocenters. The van der Waals surface area contributed by atoms with E-state index < -0.39 is 0 Å². The Morgan fingerprint density at radius 1 is 1.18 bits per heavy atom. The minimum atomic E-state index is 0.150. The summed E-state index contributed by atoms with van der Waals surface area (Å²) in [4.78, 5) is 0. The zero-order valence-electron chi connectivity index (χ0n) is 11.2. The summed E-state index contributed by atoms with van der Waals surface area (Å²) in [5, 5.41) is 0. The molecule has 1 unspecified atom stereocenters. The standard InChI is InChI=1S/C14H23NO2/c1-14(2,3)11(9-15)10-17-13-8-6-5-7-12(13)16-4/h5-8,11H,9-10,15H2,1-4H3. The molecule has 0 amide bonds. The maximum Gasteiger partial charge on any atom is 0.161 e. The van der Waals surface area contributed by atoms with Gasteiger partial charge < -0.3 is 15.2 Å². The Morgan fingerprint density at radius 3 is 2.24 bits per heavy atom. The van der Waals surface area contributed by atoms with Crippen LogP contribution in [-0.2, 0) is 0 Å². The Labute approximate surface area is 104 Å². The molecule has 0 aliphatic heterocycles. The van der Waals surface area contributed by atoms with Gasteiger partial charge in [0.2, 0.25) is 0 Å². The highest BCUT2D eigenvalue weighted by molar-refractivity contribution is 5.39. The molecule has 0 aliphatic carbocycles.